The molecule has 114 valence electrons. The summed E-state index contributed by atoms with van der Waals surface area (Å²) in [5, 5.41) is 0. The molecular formula is C19H27NO. The van der Waals surface area contributed by atoms with Crippen LogP contribution < -0.4 is 4.90 Å². The lowest BCUT2D eigenvalue weighted by molar-refractivity contribution is -0.129. The molecule has 0 N–H and O–H groups in total. The van der Waals surface area contributed by atoms with Gasteiger partial charge in [-0.1, -0.05) is 39.3 Å². The third kappa shape index (κ3) is 2.61. The molecule has 0 spiro atoms. The number of carbonyl (C=O) groups excluding carboxylic acids is 1. The highest BCUT2D eigenvalue weighted by Gasteiger charge is 2.50. The molecule has 0 bridgehead atoms. The van der Waals surface area contributed by atoms with Crippen molar-refractivity contribution < 1.29 is 4.79 Å². The molecule has 3 atom stereocenters. The first-order valence-electron chi connectivity index (χ1n) is 8.27. The number of anilines is 1. The summed E-state index contributed by atoms with van der Waals surface area (Å²) in [6.07, 6.45) is 3.00. The molecule has 1 aromatic carbocycles. The number of aryl methyl sites for hydroxylation is 1. The van der Waals surface area contributed by atoms with E-state index in [4.69, 9.17) is 0 Å². The van der Waals surface area contributed by atoms with Crippen molar-refractivity contribution >= 4 is 11.5 Å². The molecule has 2 heteroatoms. The molecule has 3 unspecified atom stereocenters. The van der Waals surface area contributed by atoms with Gasteiger partial charge in [-0.05, 0) is 42.4 Å². The van der Waals surface area contributed by atoms with E-state index in [1.165, 1.54) is 11.3 Å². The molecule has 0 amide bonds. The van der Waals surface area contributed by atoms with Crippen LogP contribution in [0.1, 0.15) is 45.6 Å². The molecule has 21 heavy (non-hydrogen) atoms. The highest BCUT2D eigenvalue weighted by Crippen LogP contribution is 2.47. The van der Waals surface area contributed by atoms with E-state index in [2.05, 4.69) is 56.9 Å². The summed E-state index contributed by atoms with van der Waals surface area (Å²) in [6, 6.07) is 9.14. The standard InChI is InChI=1S/C19H27NO/c1-5-14-12-20(15-8-6-7-13(2)9-15)16-10-19(3,4)11-17(21)18(14)16/h6-9,14,16,18H,5,10-12H2,1-4H3. The Hall–Kier alpha value is -1.31. The summed E-state index contributed by atoms with van der Waals surface area (Å²) in [4.78, 5) is 15.2. The summed E-state index contributed by atoms with van der Waals surface area (Å²) in [7, 11) is 0. The van der Waals surface area contributed by atoms with Crippen LogP contribution in [0.2, 0.25) is 0 Å². The molecule has 1 saturated carbocycles. The van der Waals surface area contributed by atoms with Gasteiger partial charge in [-0.2, -0.15) is 0 Å². The first-order chi connectivity index (χ1) is 9.91. The van der Waals surface area contributed by atoms with Gasteiger partial charge in [0.15, 0.2) is 0 Å². The van der Waals surface area contributed by atoms with Gasteiger partial charge in [-0.25, -0.2) is 0 Å². The van der Waals surface area contributed by atoms with Crippen molar-refractivity contribution in [2.75, 3.05) is 11.4 Å². The SMILES string of the molecule is CCC1CN(c2cccc(C)c2)C2CC(C)(C)CC(=O)C12. The van der Waals surface area contributed by atoms with Crippen LogP contribution in [-0.2, 0) is 4.79 Å². The minimum Gasteiger partial charge on any atom is -0.367 e. The number of Topliss-reactive ketones (excluding diaryl/α,β-unsaturated/α-hetero) is 1. The van der Waals surface area contributed by atoms with Gasteiger partial charge < -0.3 is 4.90 Å². The molecule has 0 aromatic heterocycles. The lowest BCUT2D eigenvalue weighted by Gasteiger charge is -2.41. The fraction of sp³-hybridized carbons (Fsp3) is 0.632. The maximum atomic E-state index is 12.7. The van der Waals surface area contributed by atoms with E-state index in [1.54, 1.807) is 0 Å². The van der Waals surface area contributed by atoms with E-state index in [0.29, 0.717) is 17.7 Å². The van der Waals surface area contributed by atoms with Crippen LogP contribution >= 0.6 is 0 Å². The van der Waals surface area contributed by atoms with E-state index in [-0.39, 0.29) is 11.3 Å². The molecule has 1 aromatic rings. The summed E-state index contributed by atoms with van der Waals surface area (Å²) >= 11 is 0. The Kier molecular flexibility index (Phi) is 3.59. The largest absolute Gasteiger partial charge is 0.367 e. The predicted molar refractivity (Wildman–Crippen MR) is 87.6 cm³/mol. The number of nitrogens with zero attached hydrogens (tertiary/aromatic N) is 1. The molecule has 1 aliphatic carbocycles. The topological polar surface area (TPSA) is 20.3 Å². The molecule has 1 aliphatic heterocycles. The maximum Gasteiger partial charge on any atom is 0.138 e. The molecule has 2 fully saturated rings. The first kappa shape index (κ1) is 14.6. The second-order valence-electron chi connectivity index (χ2n) is 7.76. The Balaban J connectivity index is 1.96. The molecule has 1 heterocycles. The lowest BCUT2D eigenvalue weighted by Crippen LogP contribution is -2.45. The van der Waals surface area contributed by atoms with Crippen molar-refractivity contribution in [3.63, 3.8) is 0 Å². The van der Waals surface area contributed by atoms with E-state index < -0.39 is 0 Å². The number of hydrogen-bond donors (Lipinski definition) is 0. The zero-order valence-electron chi connectivity index (χ0n) is 13.7. The van der Waals surface area contributed by atoms with Gasteiger partial charge in [-0.15, -0.1) is 0 Å². The second kappa shape index (κ2) is 5.15. The quantitative estimate of drug-likeness (QED) is 0.811. The monoisotopic (exact) mass is 285 g/mol. The third-order valence-electron chi connectivity index (χ3n) is 5.40. The molecule has 1 saturated heterocycles. The maximum absolute atomic E-state index is 12.7. The van der Waals surface area contributed by atoms with Gasteiger partial charge in [0.1, 0.15) is 5.78 Å². The summed E-state index contributed by atoms with van der Waals surface area (Å²) in [6.45, 7) is 9.90. The van der Waals surface area contributed by atoms with Crippen molar-refractivity contribution in [3.8, 4) is 0 Å². The fourth-order valence-corrected chi connectivity index (χ4v) is 4.44. The summed E-state index contributed by atoms with van der Waals surface area (Å²) in [5.41, 5.74) is 2.74. The number of hydrogen-bond acceptors (Lipinski definition) is 2. The number of benzene rings is 1. The smallest absolute Gasteiger partial charge is 0.138 e. The minimum atomic E-state index is 0.142. The van der Waals surface area contributed by atoms with Gasteiger partial charge in [-0.3, -0.25) is 4.79 Å². The van der Waals surface area contributed by atoms with Crippen LogP contribution in [0.3, 0.4) is 0 Å². The molecule has 2 nitrogen and oxygen atoms in total. The Morgan fingerprint density at radius 2 is 2.10 bits per heavy atom. The molecule has 3 rings (SSSR count). The van der Waals surface area contributed by atoms with E-state index in [9.17, 15) is 4.79 Å². The van der Waals surface area contributed by atoms with E-state index in [0.717, 1.165) is 25.8 Å². The highest BCUT2D eigenvalue weighted by molar-refractivity contribution is 5.85. The first-order valence-corrected chi connectivity index (χ1v) is 8.27. The highest BCUT2D eigenvalue weighted by atomic mass is 16.1. The van der Waals surface area contributed by atoms with Crippen molar-refractivity contribution in [3.05, 3.63) is 29.8 Å². The Morgan fingerprint density at radius 3 is 2.76 bits per heavy atom. The Bertz CT molecular complexity index is 548. The van der Waals surface area contributed by atoms with Crippen molar-refractivity contribution in [1.82, 2.24) is 0 Å². The number of rotatable bonds is 2. The van der Waals surface area contributed by atoms with Crippen LogP contribution in [0.5, 0.6) is 0 Å². The lowest BCUT2D eigenvalue weighted by atomic mass is 9.67. The molecule has 0 radical (unpaired) electrons. The van der Waals surface area contributed by atoms with Crippen molar-refractivity contribution in [2.45, 2.75) is 53.0 Å². The van der Waals surface area contributed by atoms with Crippen LogP contribution in [0, 0.1) is 24.2 Å². The van der Waals surface area contributed by atoms with Crippen LogP contribution in [0.25, 0.3) is 0 Å². The number of carbonyl (C=O) groups is 1. The average Bonchev–Trinajstić information content (AvgIpc) is 2.76. The van der Waals surface area contributed by atoms with Crippen LogP contribution in [-0.4, -0.2) is 18.4 Å². The Labute approximate surface area is 128 Å². The zero-order chi connectivity index (χ0) is 15.2. The predicted octanol–water partition coefficient (Wildman–Crippen LogP) is 4.22. The van der Waals surface area contributed by atoms with E-state index in [1.807, 2.05) is 0 Å². The van der Waals surface area contributed by atoms with Gasteiger partial charge in [0, 0.05) is 30.6 Å². The Morgan fingerprint density at radius 1 is 1.33 bits per heavy atom. The van der Waals surface area contributed by atoms with Gasteiger partial charge in [0.25, 0.3) is 0 Å². The average molecular weight is 285 g/mol. The molecule has 2 aliphatic rings. The number of fused-ring (bicyclic) bond motifs is 1. The van der Waals surface area contributed by atoms with Crippen LogP contribution in [0.4, 0.5) is 5.69 Å². The zero-order valence-corrected chi connectivity index (χ0v) is 13.7. The summed E-state index contributed by atoms with van der Waals surface area (Å²) < 4.78 is 0. The minimum absolute atomic E-state index is 0.142. The third-order valence-corrected chi connectivity index (χ3v) is 5.40. The van der Waals surface area contributed by atoms with Gasteiger partial charge in [0.2, 0.25) is 0 Å². The summed E-state index contributed by atoms with van der Waals surface area (Å²) in [5.74, 6) is 1.28. The van der Waals surface area contributed by atoms with Gasteiger partial charge >= 0.3 is 0 Å². The van der Waals surface area contributed by atoms with Gasteiger partial charge in [0.05, 0.1) is 0 Å². The van der Waals surface area contributed by atoms with Crippen LogP contribution in [0.15, 0.2) is 24.3 Å². The fourth-order valence-electron chi connectivity index (χ4n) is 4.44. The molecular weight excluding hydrogens is 258 g/mol. The number of ketones is 1. The van der Waals surface area contributed by atoms with Crippen molar-refractivity contribution in [1.29, 1.82) is 0 Å². The van der Waals surface area contributed by atoms with E-state index >= 15 is 0 Å². The normalized spacial score (nSPS) is 31.3. The van der Waals surface area contributed by atoms with Crippen molar-refractivity contribution in [2.24, 2.45) is 17.3 Å². The second-order valence-corrected chi connectivity index (χ2v) is 7.76.